The first-order valence-corrected chi connectivity index (χ1v) is 6.36. The van der Waals surface area contributed by atoms with E-state index in [1.165, 1.54) is 0 Å². The highest BCUT2D eigenvalue weighted by molar-refractivity contribution is 6.02. The molecule has 0 amide bonds. The fourth-order valence-electron chi connectivity index (χ4n) is 2.49. The van der Waals surface area contributed by atoms with Crippen molar-refractivity contribution in [3.05, 3.63) is 70.3 Å². The topological polar surface area (TPSA) is 37.3 Å². The number of hydrogen-bond acceptors (Lipinski definition) is 2. The SMILES string of the molecule is Cc1cc(C)c(C(=O)C(O)c2ccccc2)c(C)c1. The van der Waals surface area contributed by atoms with Crippen LogP contribution in [0, 0.1) is 20.8 Å². The maximum atomic E-state index is 12.4. The Bertz CT molecular complexity index is 577. The van der Waals surface area contributed by atoms with Crippen molar-refractivity contribution < 1.29 is 9.90 Å². The minimum absolute atomic E-state index is 0.235. The van der Waals surface area contributed by atoms with Crippen molar-refractivity contribution in [3.63, 3.8) is 0 Å². The van der Waals surface area contributed by atoms with Gasteiger partial charge < -0.3 is 5.11 Å². The van der Waals surface area contributed by atoms with Gasteiger partial charge in [-0.05, 0) is 37.5 Å². The number of aliphatic hydroxyl groups is 1. The Hall–Kier alpha value is -1.93. The molecule has 1 atom stereocenters. The van der Waals surface area contributed by atoms with Gasteiger partial charge in [0.15, 0.2) is 5.78 Å². The number of carbonyl (C=O) groups is 1. The Balaban J connectivity index is 2.40. The van der Waals surface area contributed by atoms with Gasteiger partial charge in [-0.2, -0.15) is 0 Å². The highest BCUT2D eigenvalue weighted by Crippen LogP contribution is 2.24. The van der Waals surface area contributed by atoms with E-state index >= 15 is 0 Å². The van der Waals surface area contributed by atoms with Crippen molar-refractivity contribution in [1.29, 1.82) is 0 Å². The first-order valence-electron chi connectivity index (χ1n) is 6.36. The number of aliphatic hydroxyl groups excluding tert-OH is 1. The van der Waals surface area contributed by atoms with Crippen molar-refractivity contribution in [2.45, 2.75) is 26.9 Å². The number of Topliss-reactive ketones (excluding diaryl/α,β-unsaturated/α-hetero) is 1. The Morgan fingerprint density at radius 2 is 1.53 bits per heavy atom. The van der Waals surface area contributed by atoms with Crippen LogP contribution in [-0.4, -0.2) is 10.9 Å². The van der Waals surface area contributed by atoms with Gasteiger partial charge in [-0.15, -0.1) is 0 Å². The Morgan fingerprint density at radius 3 is 2.05 bits per heavy atom. The summed E-state index contributed by atoms with van der Waals surface area (Å²) in [5, 5.41) is 10.2. The van der Waals surface area contributed by atoms with Gasteiger partial charge in [0, 0.05) is 5.56 Å². The van der Waals surface area contributed by atoms with E-state index in [1.54, 1.807) is 12.1 Å². The summed E-state index contributed by atoms with van der Waals surface area (Å²) in [6.45, 7) is 5.82. The quantitative estimate of drug-likeness (QED) is 0.851. The van der Waals surface area contributed by atoms with Crippen molar-refractivity contribution in [1.82, 2.24) is 0 Å². The van der Waals surface area contributed by atoms with Crippen LogP contribution in [0.15, 0.2) is 42.5 Å². The number of carbonyl (C=O) groups excluding carboxylic acids is 1. The number of benzene rings is 2. The molecular formula is C17H18O2. The molecule has 2 heteroatoms. The molecule has 2 aromatic rings. The van der Waals surface area contributed by atoms with Gasteiger partial charge in [0.1, 0.15) is 6.10 Å². The zero-order valence-electron chi connectivity index (χ0n) is 11.5. The third-order valence-corrected chi connectivity index (χ3v) is 3.29. The lowest BCUT2D eigenvalue weighted by Gasteiger charge is -2.14. The maximum absolute atomic E-state index is 12.4. The van der Waals surface area contributed by atoms with E-state index in [2.05, 4.69) is 0 Å². The van der Waals surface area contributed by atoms with E-state index in [0.29, 0.717) is 11.1 Å². The van der Waals surface area contributed by atoms with Crippen LogP contribution >= 0.6 is 0 Å². The van der Waals surface area contributed by atoms with Gasteiger partial charge >= 0.3 is 0 Å². The van der Waals surface area contributed by atoms with Crippen molar-refractivity contribution >= 4 is 5.78 Å². The first kappa shape index (κ1) is 13.5. The molecule has 0 saturated heterocycles. The second-order valence-corrected chi connectivity index (χ2v) is 4.95. The highest BCUT2D eigenvalue weighted by atomic mass is 16.3. The third-order valence-electron chi connectivity index (χ3n) is 3.29. The summed E-state index contributed by atoms with van der Waals surface area (Å²) in [6.07, 6.45) is -1.10. The summed E-state index contributed by atoms with van der Waals surface area (Å²) in [6, 6.07) is 13.0. The predicted octanol–water partition coefficient (Wildman–Crippen LogP) is 3.53. The molecule has 0 heterocycles. The van der Waals surface area contributed by atoms with E-state index in [4.69, 9.17) is 0 Å². The predicted molar refractivity (Wildman–Crippen MR) is 76.4 cm³/mol. The van der Waals surface area contributed by atoms with E-state index in [1.807, 2.05) is 51.1 Å². The summed E-state index contributed by atoms with van der Waals surface area (Å²) in [5.41, 5.74) is 4.21. The van der Waals surface area contributed by atoms with Crippen molar-refractivity contribution in [3.8, 4) is 0 Å². The molecule has 1 N–H and O–H groups in total. The summed E-state index contributed by atoms with van der Waals surface area (Å²) in [5.74, 6) is -0.235. The number of hydrogen-bond donors (Lipinski definition) is 1. The molecule has 19 heavy (non-hydrogen) atoms. The molecule has 2 rings (SSSR count). The van der Waals surface area contributed by atoms with Crippen LogP contribution < -0.4 is 0 Å². The zero-order chi connectivity index (χ0) is 14.0. The third kappa shape index (κ3) is 2.74. The summed E-state index contributed by atoms with van der Waals surface area (Å²) in [7, 11) is 0. The summed E-state index contributed by atoms with van der Waals surface area (Å²) < 4.78 is 0. The number of rotatable bonds is 3. The Kier molecular flexibility index (Phi) is 3.82. The maximum Gasteiger partial charge on any atom is 0.196 e. The molecule has 2 aromatic carbocycles. The molecule has 0 aliphatic carbocycles. The van der Waals surface area contributed by atoms with Crippen LogP contribution in [0.4, 0.5) is 0 Å². The van der Waals surface area contributed by atoms with Gasteiger partial charge in [0.2, 0.25) is 0 Å². The fraction of sp³-hybridized carbons (Fsp3) is 0.235. The molecule has 0 aliphatic rings. The van der Waals surface area contributed by atoms with E-state index < -0.39 is 6.10 Å². The smallest absolute Gasteiger partial charge is 0.196 e. The van der Waals surface area contributed by atoms with Gasteiger partial charge in [-0.3, -0.25) is 4.79 Å². The van der Waals surface area contributed by atoms with Gasteiger partial charge in [-0.25, -0.2) is 0 Å². The van der Waals surface area contributed by atoms with Crippen LogP contribution in [0.5, 0.6) is 0 Å². The second kappa shape index (κ2) is 5.37. The first-order chi connectivity index (χ1) is 9.00. The van der Waals surface area contributed by atoms with E-state index in [0.717, 1.165) is 16.7 Å². The lowest BCUT2D eigenvalue weighted by atomic mass is 9.92. The lowest BCUT2D eigenvalue weighted by Crippen LogP contribution is -2.15. The standard InChI is InChI=1S/C17H18O2/c1-11-9-12(2)15(13(3)10-11)17(19)16(18)14-7-5-4-6-8-14/h4-10,16,18H,1-3H3. The number of ketones is 1. The van der Waals surface area contributed by atoms with Gasteiger partial charge in [0.05, 0.1) is 0 Å². The molecule has 0 bridgehead atoms. The molecule has 0 aliphatic heterocycles. The Labute approximate surface area is 113 Å². The highest BCUT2D eigenvalue weighted by Gasteiger charge is 2.22. The van der Waals surface area contributed by atoms with Crippen molar-refractivity contribution in [2.75, 3.05) is 0 Å². The lowest BCUT2D eigenvalue weighted by molar-refractivity contribution is 0.0746. The van der Waals surface area contributed by atoms with Crippen LogP contribution in [-0.2, 0) is 0 Å². The van der Waals surface area contributed by atoms with Crippen LogP contribution in [0.3, 0.4) is 0 Å². The number of aryl methyl sites for hydroxylation is 3. The van der Waals surface area contributed by atoms with Crippen LogP contribution in [0.1, 0.15) is 38.7 Å². The molecule has 0 saturated carbocycles. The Morgan fingerprint density at radius 1 is 1.00 bits per heavy atom. The van der Waals surface area contributed by atoms with Crippen LogP contribution in [0.2, 0.25) is 0 Å². The fourth-order valence-corrected chi connectivity index (χ4v) is 2.49. The molecule has 0 spiro atoms. The normalized spacial score (nSPS) is 12.2. The molecule has 0 radical (unpaired) electrons. The second-order valence-electron chi connectivity index (χ2n) is 4.95. The molecule has 1 unspecified atom stereocenters. The molecular weight excluding hydrogens is 236 g/mol. The molecule has 0 aromatic heterocycles. The summed E-state index contributed by atoms with van der Waals surface area (Å²) in [4.78, 5) is 12.4. The van der Waals surface area contributed by atoms with E-state index in [9.17, 15) is 9.90 Å². The monoisotopic (exact) mass is 254 g/mol. The molecule has 98 valence electrons. The van der Waals surface area contributed by atoms with Crippen LogP contribution in [0.25, 0.3) is 0 Å². The average Bonchev–Trinajstić information content (AvgIpc) is 2.37. The average molecular weight is 254 g/mol. The summed E-state index contributed by atoms with van der Waals surface area (Å²) >= 11 is 0. The molecule has 0 fully saturated rings. The van der Waals surface area contributed by atoms with Crippen molar-refractivity contribution in [2.24, 2.45) is 0 Å². The minimum atomic E-state index is -1.10. The van der Waals surface area contributed by atoms with E-state index in [-0.39, 0.29) is 5.78 Å². The minimum Gasteiger partial charge on any atom is -0.380 e. The largest absolute Gasteiger partial charge is 0.380 e. The zero-order valence-corrected chi connectivity index (χ0v) is 11.5. The molecule has 2 nitrogen and oxygen atoms in total. The van der Waals surface area contributed by atoms with Gasteiger partial charge in [0.25, 0.3) is 0 Å². The van der Waals surface area contributed by atoms with Gasteiger partial charge in [-0.1, -0.05) is 48.0 Å².